The molecule has 5 heterocycles. The molecule has 0 atom stereocenters. The first-order valence-corrected chi connectivity index (χ1v) is 14.1. The quantitative estimate of drug-likeness (QED) is 0.136. The number of hydrogen-bond acceptors (Lipinski definition) is 6. The molecule has 9 heteroatoms. The summed E-state index contributed by atoms with van der Waals surface area (Å²) < 4.78 is 14.1. The summed E-state index contributed by atoms with van der Waals surface area (Å²) in [6.07, 6.45) is 8.73. The van der Waals surface area contributed by atoms with Crippen molar-refractivity contribution in [2.24, 2.45) is 5.92 Å². The van der Waals surface area contributed by atoms with Crippen LogP contribution in [0, 0.1) is 11.7 Å². The molecule has 42 heavy (non-hydrogen) atoms. The molecule has 4 aromatic heterocycles. The molecule has 0 unspecified atom stereocenters. The van der Waals surface area contributed by atoms with E-state index in [9.17, 15) is 4.39 Å². The van der Waals surface area contributed by atoms with Crippen molar-refractivity contribution >= 4 is 33.2 Å². The van der Waals surface area contributed by atoms with Crippen molar-refractivity contribution in [3.63, 3.8) is 0 Å². The summed E-state index contributed by atoms with van der Waals surface area (Å²) in [5.74, 6) is 0.262. The molecule has 0 radical (unpaired) electrons. The second kappa shape index (κ2) is 10.8. The number of hydrogen-bond donors (Lipinski definition) is 5. The van der Waals surface area contributed by atoms with Crippen LogP contribution in [0.1, 0.15) is 19.3 Å². The van der Waals surface area contributed by atoms with Crippen LogP contribution in [0.2, 0.25) is 0 Å². The lowest BCUT2D eigenvalue weighted by atomic mass is 9.93. The SMILES string of the molecule is C=C(CC1CCNCC1)Nc1cncc(-c2ccc3[nH]nc(-c4cc5c(-c6cc(N)cc(F)c6)nccc5[nH]4)c3c2)c1. The van der Waals surface area contributed by atoms with Crippen LogP contribution in [0.3, 0.4) is 0 Å². The highest BCUT2D eigenvalue weighted by Gasteiger charge is 2.17. The van der Waals surface area contributed by atoms with Crippen molar-refractivity contribution in [1.82, 2.24) is 30.5 Å². The van der Waals surface area contributed by atoms with Gasteiger partial charge in [-0.05, 0) is 92.4 Å². The van der Waals surface area contributed by atoms with Crippen LogP contribution in [0.25, 0.3) is 55.6 Å². The Kier molecular flexibility index (Phi) is 6.64. The molecule has 0 bridgehead atoms. The topological polar surface area (TPSA) is 120 Å². The lowest BCUT2D eigenvalue weighted by Crippen LogP contribution is -2.28. The zero-order valence-electron chi connectivity index (χ0n) is 23.0. The van der Waals surface area contributed by atoms with E-state index < -0.39 is 5.82 Å². The molecule has 6 aromatic rings. The summed E-state index contributed by atoms with van der Waals surface area (Å²) >= 11 is 0. The molecule has 0 saturated carbocycles. The van der Waals surface area contributed by atoms with E-state index in [1.54, 1.807) is 12.3 Å². The van der Waals surface area contributed by atoms with Crippen molar-refractivity contribution in [2.75, 3.05) is 24.1 Å². The predicted molar refractivity (Wildman–Crippen MR) is 167 cm³/mol. The van der Waals surface area contributed by atoms with Gasteiger partial charge in [-0.25, -0.2) is 4.39 Å². The largest absolute Gasteiger partial charge is 0.399 e. The van der Waals surface area contributed by atoms with Crippen molar-refractivity contribution in [2.45, 2.75) is 19.3 Å². The van der Waals surface area contributed by atoms with Crippen molar-refractivity contribution in [1.29, 1.82) is 0 Å². The average molecular weight is 559 g/mol. The second-order valence-corrected chi connectivity index (χ2v) is 11.0. The smallest absolute Gasteiger partial charge is 0.125 e. The van der Waals surface area contributed by atoms with Crippen LogP contribution in [-0.4, -0.2) is 38.2 Å². The van der Waals surface area contributed by atoms with E-state index in [1.807, 2.05) is 30.6 Å². The van der Waals surface area contributed by atoms with Gasteiger partial charge in [-0.2, -0.15) is 5.10 Å². The highest BCUT2D eigenvalue weighted by Crippen LogP contribution is 2.35. The van der Waals surface area contributed by atoms with Crippen LogP contribution >= 0.6 is 0 Å². The van der Waals surface area contributed by atoms with E-state index in [4.69, 9.17) is 5.73 Å². The van der Waals surface area contributed by atoms with Gasteiger partial charge in [-0.1, -0.05) is 12.6 Å². The summed E-state index contributed by atoms with van der Waals surface area (Å²) in [4.78, 5) is 12.5. The van der Waals surface area contributed by atoms with E-state index in [-0.39, 0.29) is 0 Å². The van der Waals surface area contributed by atoms with Gasteiger partial charge in [-0.15, -0.1) is 0 Å². The van der Waals surface area contributed by atoms with Gasteiger partial charge >= 0.3 is 0 Å². The maximum absolute atomic E-state index is 14.1. The Morgan fingerprint density at radius 1 is 0.929 bits per heavy atom. The Morgan fingerprint density at radius 2 is 1.79 bits per heavy atom. The fraction of sp³-hybridized carbons (Fsp3) is 0.182. The Hall–Kier alpha value is -5.02. The number of nitrogens with zero attached hydrogens (tertiary/aromatic N) is 3. The van der Waals surface area contributed by atoms with E-state index in [2.05, 4.69) is 60.6 Å². The molecule has 6 N–H and O–H groups in total. The van der Waals surface area contributed by atoms with Gasteiger partial charge in [0.25, 0.3) is 0 Å². The van der Waals surface area contributed by atoms with Gasteiger partial charge in [0.2, 0.25) is 0 Å². The molecule has 1 saturated heterocycles. The minimum atomic E-state index is -0.398. The highest BCUT2D eigenvalue weighted by atomic mass is 19.1. The molecule has 2 aromatic carbocycles. The van der Waals surface area contributed by atoms with Gasteiger partial charge in [0.1, 0.15) is 11.5 Å². The zero-order chi connectivity index (χ0) is 28.6. The third-order valence-electron chi connectivity index (χ3n) is 7.95. The average Bonchev–Trinajstić information content (AvgIpc) is 3.61. The Morgan fingerprint density at radius 3 is 2.64 bits per heavy atom. The number of aromatic amines is 2. The molecule has 0 amide bonds. The molecular formula is C33H31FN8. The van der Waals surface area contributed by atoms with Gasteiger partial charge in [0.05, 0.1) is 28.8 Å². The number of benzene rings is 2. The van der Waals surface area contributed by atoms with E-state index in [0.717, 1.165) is 75.2 Å². The van der Waals surface area contributed by atoms with Crippen LogP contribution in [-0.2, 0) is 0 Å². The van der Waals surface area contributed by atoms with E-state index in [0.29, 0.717) is 22.9 Å². The third-order valence-corrected chi connectivity index (χ3v) is 7.95. The molecule has 0 spiro atoms. The summed E-state index contributed by atoms with van der Waals surface area (Å²) in [5.41, 5.74) is 14.9. The number of rotatable bonds is 7. The van der Waals surface area contributed by atoms with Crippen LogP contribution < -0.4 is 16.4 Å². The van der Waals surface area contributed by atoms with Crippen LogP contribution in [0.4, 0.5) is 15.8 Å². The summed E-state index contributed by atoms with van der Waals surface area (Å²) in [5, 5.41) is 16.5. The van der Waals surface area contributed by atoms with Crippen molar-refractivity contribution in [3.05, 3.63) is 91.3 Å². The number of piperidine rings is 1. The molecule has 1 aliphatic rings. The molecular weight excluding hydrogens is 527 g/mol. The fourth-order valence-electron chi connectivity index (χ4n) is 5.91. The third kappa shape index (κ3) is 5.10. The number of fused-ring (bicyclic) bond motifs is 2. The highest BCUT2D eigenvalue weighted by molar-refractivity contribution is 6.01. The Bertz CT molecular complexity index is 1910. The minimum absolute atomic E-state index is 0.352. The fourth-order valence-corrected chi connectivity index (χ4v) is 5.91. The number of nitrogen functional groups attached to an aromatic ring is 1. The molecule has 7 rings (SSSR count). The summed E-state index contributed by atoms with van der Waals surface area (Å²) in [7, 11) is 0. The van der Waals surface area contributed by atoms with Crippen LogP contribution in [0.15, 0.2) is 85.5 Å². The molecule has 8 nitrogen and oxygen atoms in total. The number of anilines is 2. The van der Waals surface area contributed by atoms with E-state index in [1.165, 1.54) is 25.0 Å². The standard InChI is InChI=1S/C33H31FN8/c1-19(10-20-4-7-36-8-5-20)39-26-13-23(17-37-18-26)21-2-3-30-27(14-21)33(42-41-30)31-16-28-29(40-31)6-9-38-32(28)22-11-24(34)15-25(35)12-22/h2-3,6,9,11-18,20,36,39-40H,1,4-5,7-8,10,35H2,(H,41,42). The first-order chi connectivity index (χ1) is 20.5. The molecule has 1 aliphatic heterocycles. The molecule has 0 aliphatic carbocycles. The lowest BCUT2D eigenvalue weighted by Gasteiger charge is -2.23. The number of nitrogens with two attached hydrogens (primary N) is 1. The molecule has 1 fully saturated rings. The summed E-state index contributed by atoms with van der Waals surface area (Å²) in [6.45, 7) is 6.42. The van der Waals surface area contributed by atoms with Gasteiger partial charge in [0, 0.05) is 51.2 Å². The maximum atomic E-state index is 14.1. The van der Waals surface area contributed by atoms with Gasteiger partial charge in [0.15, 0.2) is 0 Å². The lowest BCUT2D eigenvalue weighted by molar-refractivity contribution is 0.373. The predicted octanol–water partition coefficient (Wildman–Crippen LogP) is 6.87. The first kappa shape index (κ1) is 25.9. The Balaban J connectivity index is 1.20. The normalized spacial score (nSPS) is 14.0. The number of aromatic nitrogens is 5. The monoisotopic (exact) mass is 558 g/mol. The number of allylic oxidation sites excluding steroid dienone is 1. The second-order valence-electron chi connectivity index (χ2n) is 11.0. The Labute approximate surface area is 242 Å². The van der Waals surface area contributed by atoms with Crippen molar-refractivity contribution < 1.29 is 4.39 Å². The number of H-pyrrole nitrogens is 2. The number of nitrogens with one attached hydrogen (secondary N) is 4. The zero-order valence-corrected chi connectivity index (χ0v) is 23.0. The van der Waals surface area contributed by atoms with Crippen LogP contribution in [0.5, 0.6) is 0 Å². The number of pyridine rings is 2. The van der Waals surface area contributed by atoms with Crippen molar-refractivity contribution in [3.8, 4) is 33.8 Å². The van der Waals surface area contributed by atoms with Gasteiger partial charge in [-0.3, -0.25) is 15.1 Å². The van der Waals surface area contributed by atoms with E-state index >= 15 is 0 Å². The summed E-state index contributed by atoms with van der Waals surface area (Å²) in [6, 6.07) is 16.7. The molecule has 210 valence electrons. The maximum Gasteiger partial charge on any atom is 0.125 e. The number of halogens is 1. The minimum Gasteiger partial charge on any atom is -0.399 e. The van der Waals surface area contributed by atoms with Gasteiger partial charge < -0.3 is 21.4 Å². The first-order valence-electron chi connectivity index (χ1n) is 14.1.